The summed E-state index contributed by atoms with van der Waals surface area (Å²) < 4.78 is 0. The van der Waals surface area contributed by atoms with Crippen LogP contribution in [0.15, 0.2) is 42.5 Å². The molecule has 0 aromatic heterocycles. The molecule has 6 heteroatoms. The Labute approximate surface area is 172 Å². The van der Waals surface area contributed by atoms with Gasteiger partial charge in [0.05, 0.1) is 7.05 Å². The first-order valence-electron chi connectivity index (χ1n) is 9.49. The van der Waals surface area contributed by atoms with Gasteiger partial charge in [-0.05, 0) is 38.5 Å². The summed E-state index contributed by atoms with van der Waals surface area (Å²) in [6.07, 6.45) is 0. The molecule has 2 N–H and O–H groups in total. The van der Waals surface area contributed by atoms with Crippen LogP contribution in [0.1, 0.15) is 23.6 Å². The van der Waals surface area contributed by atoms with Crippen LogP contribution in [0.25, 0.3) is 0 Å². The molecule has 0 fully saturated rings. The summed E-state index contributed by atoms with van der Waals surface area (Å²) in [5.74, 6) is -0.262. The van der Waals surface area contributed by atoms with E-state index in [1.807, 2.05) is 27.0 Å². The highest BCUT2D eigenvalue weighted by atomic mass is 35.5. The highest BCUT2D eigenvalue weighted by Crippen LogP contribution is 2.20. The third-order valence-electron chi connectivity index (χ3n) is 4.62. The molecule has 150 valence electrons. The van der Waals surface area contributed by atoms with E-state index in [1.165, 1.54) is 11.1 Å². The maximum Gasteiger partial charge on any atom is 0.278 e. The standard InChI is InChI=1S/C22H28ClN3O2/c1-5-26(14-21(27)24-20-12-19(23)11-8-17(20)3)22(28)15-25(4)13-18-9-6-16(2)7-10-18/h6-12H,5,13-15H2,1-4H3,(H,24,27)/p+1. The van der Waals surface area contributed by atoms with Crippen LogP contribution >= 0.6 is 11.6 Å². The first-order valence-corrected chi connectivity index (χ1v) is 9.87. The van der Waals surface area contributed by atoms with Crippen molar-refractivity contribution < 1.29 is 14.5 Å². The van der Waals surface area contributed by atoms with E-state index in [0.29, 0.717) is 23.8 Å². The summed E-state index contributed by atoms with van der Waals surface area (Å²) in [5.41, 5.74) is 4.00. The van der Waals surface area contributed by atoms with Crippen molar-refractivity contribution in [3.63, 3.8) is 0 Å². The number of hydrogen-bond acceptors (Lipinski definition) is 2. The van der Waals surface area contributed by atoms with Crippen LogP contribution in [0.5, 0.6) is 0 Å². The van der Waals surface area contributed by atoms with Crippen LogP contribution in [0.4, 0.5) is 5.69 Å². The van der Waals surface area contributed by atoms with Gasteiger partial charge in [0, 0.05) is 22.8 Å². The van der Waals surface area contributed by atoms with E-state index < -0.39 is 0 Å². The molecule has 2 aromatic rings. The Bertz CT molecular complexity index is 821. The molecule has 0 heterocycles. The molecule has 1 unspecified atom stereocenters. The summed E-state index contributed by atoms with van der Waals surface area (Å²) >= 11 is 6.00. The second kappa shape index (κ2) is 10.2. The third-order valence-corrected chi connectivity index (χ3v) is 4.86. The number of rotatable bonds is 8. The van der Waals surface area contributed by atoms with Crippen LogP contribution in [-0.2, 0) is 16.1 Å². The highest BCUT2D eigenvalue weighted by Gasteiger charge is 2.20. The average molecular weight is 403 g/mol. The van der Waals surface area contributed by atoms with Gasteiger partial charge in [0.25, 0.3) is 5.91 Å². The molecule has 1 atom stereocenters. The Balaban J connectivity index is 1.90. The Morgan fingerprint density at radius 1 is 1.11 bits per heavy atom. The number of amides is 2. The minimum atomic E-state index is -0.225. The number of anilines is 1. The van der Waals surface area contributed by atoms with Crippen molar-refractivity contribution in [2.75, 3.05) is 32.0 Å². The number of aryl methyl sites for hydroxylation is 2. The molecule has 0 radical (unpaired) electrons. The summed E-state index contributed by atoms with van der Waals surface area (Å²) in [7, 11) is 1.99. The largest absolute Gasteiger partial charge is 0.329 e. The van der Waals surface area contributed by atoms with E-state index in [4.69, 9.17) is 11.6 Å². The molecule has 5 nitrogen and oxygen atoms in total. The summed E-state index contributed by atoms with van der Waals surface area (Å²) in [6.45, 7) is 7.45. The van der Waals surface area contributed by atoms with Gasteiger partial charge >= 0.3 is 0 Å². The first-order chi connectivity index (χ1) is 13.3. The van der Waals surface area contributed by atoms with Gasteiger partial charge in [-0.25, -0.2) is 0 Å². The van der Waals surface area contributed by atoms with Gasteiger partial charge in [0.2, 0.25) is 5.91 Å². The summed E-state index contributed by atoms with van der Waals surface area (Å²) in [4.78, 5) is 27.7. The predicted molar refractivity (Wildman–Crippen MR) is 114 cm³/mol. The molecular formula is C22H29ClN3O2+. The number of carbonyl (C=O) groups excluding carboxylic acids is 2. The predicted octanol–water partition coefficient (Wildman–Crippen LogP) is 2.46. The summed E-state index contributed by atoms with van der Waals surface area (Å²) in [5, 5.41) is 3.41. The van der Waals surface area contributed by atoms with Gasteiger partial charge < -0.3 is 15.1 Å². The molecule has 2 aromatic carbocycles. The van der Waals surface area contributed by atoms with Crippen LogP contribution in [-0.4, -0.2) is 43.4 Å². The van der Waals surface area contributed by atoms with E-state index in [2.05, 4.69) is 36.5 Å². The van der Waals surface area contributed by atoms with Crippen molar-refractivity contribution in [2.45, 2.75) is 27.3 Å². The molecule has 2 rings (SSSR count). The SMILES string of the molecule is CCN(CC(=O)Nc1cc(Cl)ccc1C)C(=O)C[NH+](C)Cc1ccc(C)cc1. The highest BCUT2D eigenvalue weighted by molar-refractivity contribution is 6.31. The zero-order valence-electron chi connectivity index (χ0n) is 17.0. The number of halogens is 1. The fourth-order valence-electron chi connectivity index (χ4n) is 2.96. The van der Waals surface area contributed by atoms with E-state index in [1.54, 1.807) is 17.0 Å². The second-order valence-corrected chi connectivity index (χ2v) is 7.65. The van der Waals surface area contributed by atoms with Gasteiger partial charge in [-0.1, -0.05) is 47.5 Å². The van der Waals surface area contributed by atoms with Gasteiger partial charge in [0.15, 0.2) is 6.54 Å². The fraction of sp³-hybridized carbons (Fsp3) is 0.364. The van der Waals surface area contributed by atoms with Crippen molar-refractivity contribution in [3.8, 4) is 0 Å². The van der Waals surface area contributed by atoms with Gasteiger partial charge in [-0.2, -0.15) is 0 Å². The number of likely N-dealkylation sites (N-methyl/N-ethyl adjacent to an activating group) is 2. The lowest BCUT2D eigenvalue weighted by Crippen LogP contribution is -3.08. The van der Waals surface area contributed by atoms with Crippen LogP contribution in [0.2, 0.25) is 5.02 Å². The van der Waals surface area contributed by atoms with E-state index >= 15 is 0 Å². The van der Waals surface area contributed by atoms with Gasteiger partial charge in [0.1, 0.15) is 13.1 Å². The van der Waals surface area contributed by atoms with E-state index in [-0.39, 0.29) is 18.4 Å². The minimum absolute atomic E-state index is 0.0269. The Morgan fingerprint density at radius 3 is 2.43 bits per heavy atom. The van der Waals surface area contributed by atoms with Crippen LogP contribution < -0.4 is 10.2 Å². The third kappa shape index (κ3) is 6.66. The number of hydrogen-bond donors (Lipinski definition) is 2. The van der Waals surface area contributed by atoms with Crippen molar-refractivity contribution in [3.05, 3.63) is 64.2 Å². The molecule has 28 heavy (non-hydrogen) atoms. The molecule has 0 bridgehead atoms. The molecule has 2 amide bonds. The lowest BCUT2D eigenvalue weighted by atomic mass is 10.1. The van der Waals surface area contributed by atoms with Gasteiger partial charge in [-0.15, -0.1) is 0 Å². The monoisotopic (exact) mass is 402 g/mol. The lowest BCUT2D eigenvalue weighted by molar-refractivity contribution is -0.885. The fourth-order valence-corrected chi connectivity index (χ4v) is 3.13. The number of carbonyl (C=O) groups is 2. The zero-order valence-corrected chi connectivity index (χ0v) is 17.8. The number of nitrogens with one attached hydrogen (secondary N) is 2. The maximum atomic E-state index is 12.6. The molecule has 0 spiro atoms. The topological polar surface area (TPSA) is 53.9 Å². The van der Waals surface area contributed by atoms with E-state index in [9.17, 15) is 9.59 Å². The number of nitrogens with zero attached hydrogens (tertiary/aromatic N) is 1. The quantitative estimate of drug-likeness (QED) is 0.712. The zero-order chi connectivity index (χ0) is 20.7. The molecule has 0 saturated carbocycles. The van der Waals surface area contributed by atoms with Gasteiger partial charge in [-0.3, -0.25) is 9.59 Å². The van der Waals surface area contributed by atoms with Crippen molar-refractivity contribution >= 4 is 29.1 Å². The van der Waals surface area contributed by atoms with Crippen molar-refractivity contribution in [2.24, 2.45) is 0 Å². The number of quaternary nitrogens is 1. The van der Waals surface area contributed by atoms with Crippen LogP contribution in [0, 0.1) is 13.8 Å². The number of benzene rings is 2. The molecular weight excluding hydrogens is 374 g/mol. The lowest BCUT2D eigenvalue weighted by Gasteiger charge is -2.22. The Morgan fingerprint density at radius 2 is 1.79 bits per heavy atom. The summed E-state index contributed by atoms with van der Waals surface area (Å²) in [6, 6.07) is 13.7. The maximum absolute atomic E-state index is 12.6. The van der Waals surface area contributed by atoms with Crippen molar-refractivity contribution in [1.82, 2.24) is 4.90 Å². The minimum Gasteiger partial charge on any atom is -0.329 e. The smallest absolute Gasteiger partial charge is 0.278 e. The molecule has 0 saturated heterocycles. The molecule has 0 aliphatic heterocycles. The molecule has 0 aliphatic rings. The van der Waals surface area contributed by atoms with Crippen LogP contribution in [0.3, 0.4) is 0 Å². The molecule has 0 aliphatic carbocycles. The Hall–Kier alpha value is -2.37. The normalized spacial score (nSPS) is 11.8. The average Bonchev–Trinajstić information content (AvgIpc) is 2.64. The first kappa shape index (κ1) is 21.9. The van der Waals surface area contributed by atoms with E-state index in [0.717, 1.165) is 17.0 Å². The second-order valence-electron chi connectivity index (χ2n) is 7.21. The van der Waals surface area contributed by atoms with Crippen molar-refractivity contribution in [1.29, 1.82) is 0 Å². The Kier molecular flexibility index (Phi) is 8.03.